The first-order valence-corrected chi connectivity index (χ1v) is 12.6. The molecule has 0 unspecified atom stereocenters. The Hall–Kier alpha value is -1.26. The van der Waals surface area contributed by atoms with Crippen molar-refractivity contribution >= 4 is 31.7 Å². The van der Waals surface area contributed by atoms with Crippen molar-refractivity contribution in [2.45, 2.75) is 61.9 Å². The van der Waals surface area contributed by atoms with Crippen LogP contribution in [0.5, 0.6) is 0 Å². The average Bonchev–Trinajstić information content (AvgIpc) is 2.81. The molecule has 0 aliphatic rings. The lowest BCUT2D eigenvalue weighted by molar-refractivity contribution is 0.263. The van der Waals surface area contributed by atoms with Gasteiger partial charge in [0, 0.05) is 17.0 Å². The Kier molecular flexibility index (Phi) is 6.62. The molecule has 140 valence electrons. The molecule has 2 rings (SSSR count). The lowest BCUT2D eigenvalue weighted by Gasteiger charge is -2.36. The summed E-state index contributed by atoms with van der Waals surface area (Å²) in [4.78, 5) is 5.71. The molecule has 1 aromatic heterocycles. The first-order valence-electron chi connectivity index (χ1n) is 8.54. The number of imidazole rings is 1. The minimum Gasteiger partial charge on any atom is -0.409 e. The van der Waals surface area contributed by atoms with Crippen LogP contribution in [0, 0.1) is 11.3 Å². The van der Waals surface area contributed by atoms with Gasteiger partial charge in [0.15, 0.2) is 8.32 Å². The van der Waals surface area contributed by atoms with Gasteiger partial charge in [0.25, 0.3) is 0 Å². The highest BCUT2D eigenvalue weighted by molar-refractivity contribution is 7.99. The average molecular weight is 408 g/mol. The molecule has 7 heteroatoms. The second-order valence-electron chi connectivity index (χ2n) is 7.78. The van der Waals surface area contributed by atoms with Gasteiger partial charge in [-0.05, 0) is 36.3 Å². The Morgan fingerprint density at radius 1 is 1.35 bits per heavy atom. The first kappa shape index (κ1) is 21.0. The smallest absolute Gasteiger partial charge is 0.192 e. The van der Waals surface area contributed by atoms with Crippen LogP contribution in [0.2, 0.25) is 23.2 Å². The van der Waals surface area contributed by atoms with Gasteiger partial charge in [-0.1, -0.05) is 50.2 Å². The van der Waals surface area contributed by atoms with Crippen LogP contribution in [-0.2, 0) is 24.5 Å². The van der Waals surface area contributed by atoms with E-state index in [0.29, 0.717) is 11.6 Å². The second-order valence-corrected chi connectivity index (χ2v) is 14.1. The van der Waals surface area contributed by atoms with Gasteiger partial charge in [-0.2, -0.15) is 5.26 Å². The zero-order valence-corrected chi connectivity index (χ0v) is 18.8. The highest BCUT2D eigenvalue weighted by atomic mass is 35.5. The summed E-state index contributed by atoms with van der Waals surface area (Å²) in [5.41, 5.74) is 0.786. The maximum atomic E-state index is 9.17. The molecule has 26 heavy (non-hydrogen) atoms. The summed E-state index contributed by atoms with van der Waals surface area (Å²) >= 11 is 7.67. The second kappa shape index (κ2) is 8.18. The van der Waals surface area contributed by atoms with Crippen molar-refractivity contribution in [3.63, 3.8) is 0 Å². The predicted octanol–water partition coefficient (Wildman–Crippen LogP) is 5.81. The number of halogens is 1. The molecule has 0 bridgehead atoms. The van der Waals surface area contributed by atoms with Crippen LogP contribution in [0.3, 0.4) is 0 Å². The molecule has 0 aliphatic heterocycles. The molecule has 1 heterocycles. The summed E-state index contributed by atoms with van der Waals surface area (Å²) in [6.45, 7) is 11.6. The Labute approximate surface area is 166 Å². The molecule has 0 spiro atoms. The van der Waals surface area contributed by atoms with Gasteiger partial charge in [-0.25, -0.2) is 4.98 Å². The topological polar surface area (TPSA) is 50.8 Å². The van der Waals surface area contributed by atoms with Crippen LogP contribution in [0.25, 0.3) is 0 Å². The van der Waals surface area contributed by atoms with E-state index in [-0.39, 0.29) is 11.5 Å². The molecular weight excluding hydrogens is 382 g/mol. The number of hydrogen-bond donors (Lipinski definition) is 0. The van der Waals surface area contributed by atoms with Crippen molar-refractivity contribution < 1.29 is 4.43 Å². The normalized spacial score (nSPS) is 12.2. The number of nitrogens with zero attached hydrogens (tertiary/aromatic N) is 3. The molecule has 1 aromatic carbocycles. The number of nitriles is 1. The number of rotatable bonds is 6. The van der Waals surface area contributed by atoms with E-state index in [0.717, 1.165) is 21.4 Å². The van der Waals surface area contributed by atoms with Gasteiger partial charge in [0.1, 0.15) is 10.9 Å². The predicted molar refractivity (Wildman–Crippen MR) is 110 cm³/mol. The minimum atomic E-state index is -1.86. The highest BCUT2D eigenvalue weighted by Crippen LogP contribution is 2.37. The van der Waals surface area contributed by atoms with Crippen LogP contribution in [0.15, 0.2) is 34.2 Å². The van der Waals surface area contributed by atoms with Crippen LogP contribution in [0.1, 0.15) is 32.3 Å². The van der Waals surface area contributed by atoms with Crippen LogP contribution >= 0.6 is 23.4 Å². The molecule has 0 saturated heterocycles. The number of benzene rings is 1. The van der Waals surface area contributed by atoms with E-state index in [1.165, 1.54) is 0 Å². The highest BCUT2D eigenvalue weighted by Gasteiger charge is 2.37. The van der Waals surface area contributed by atoms with Gasteiger partial charge in [0.2, 0.25) is 0 Å². The Balaban J connectivity index is 2.28. The minimum absolute atomic E-state index is 0.145. The Bertz CT molecular complexity index is 821. The number of hydrogen-bond acceptors (Lipinski definition) is 4. The SMILES string of the molecule is Cn1c(CO[Si](C)(C)C(C)(C)C)nc(CC#N)c1Sc1cccc(Cl)c1. The van der Waals surface area contributed by atoms with E-state index in [1.807, 2.05) is 35.9 Å². The van der Waals surface area contributed by atoms with E-state index >= 15 is 0 Å². The fourth-order valence-corrected chi connectivity index (χ4v) is 4.35. The zero-order chi connectivity index (χ0) is 19.5. The zero-order valence-electron chi connectivity index (χ0n) is 16.3. The van der Waals surface area contributed by atoms with Crippen molar-refractivity contribution in [1.29, 1.82) is 5.26 Å². The van der Waals surface area contributed by atoms with Crippen LogP contribution in [-0.4, -0.2) is 17.9 Å². The van der Waals surface area contributed by atoms with Crippen molar-refractivity contribution in [2.24, 2.45) is 7.05 Å². The van der Waals surface area contributed by atoms with E-state index in [4.69, 9.17) is 21.3 Å². The van der Waals surface area contributed by atoms with E-state index in [1.54, 1.807) is 11.8 Å². The summed E-state index contributed by atoms with van der Waals surface area (Å²) < 4.78 is 8.35. The van der Waals surface area contributed by atoms with Crippen molar-refractivity contribution in [3.8, 4) is 6.07 Å². The lowest BCUT2D eigenvalue weighted by Crippen LogP contribution is -2.40. The number of aromatic nitrogens is 2. The molecule has 2 aromatic rings. The molecular formula is C19H26ClN3OSSi. The summed E-state index contributed by atoms with van der Waals surface area (Å²) in [5.74, 6) is 0.851. The van der Waals surface area contributed by atoms with Crippen molar-refractivity contribution in [1.82, 2.24) is 9.55 Å². The molecule has 0 saturated carbocycles. The monoisotopic (exact) mass is 407 g/mol. The van der Waals surface area contributed by atoms with Crippen molar-refractivity contribution in [2.75, 3.05) is 0 Å². The van der Waals surface area contributed by atoms with Gasteiger partial charge in [-0.15, -0.1) is 0 Å². The fraction of sp³-hybridized carbons (Fsp3) is 0.474. The van der Waals surface area contributed by atoms with Gasteiger partial charge < -0.3 is 8.99 Å². The van der Waals surface area contributed by atoms with E-state index in [9.17, 15) is 0 Å². The maximum Gasteiger partial charge on any atom is 0.192 e. The lowest BCUT2D eigenvalue weighted by atomic mass is 10.2. The van der Waals surface area contributed by atoms with E-state index in [2.05, 4.69) is 44.9 Å². The molecule has 4 nitrogen and oxygen atoms in total. The molecule has 0 aliphatic carbocycles. The third-order valence-electron chi connectivity index (χ3n) is 4.83. The quantitative estimate of drug-likeness (QED) is 0.566. The van der Waals surface area contributed by atoms with Gasteiger partial charge in [-0.3, -0.25) is 0 Å². The van der Waals surface area contributed by atoms with Gasteiger partial charge in [0.05, 0.1) is 24.8 Å². The molecule has 0 fully saturated rings. The summed E-state index contributed by atoms with van der Waals surface area (Å²) in [6, 6.07) is 9.91. The van der Waals surface area contributed by atoms with Crippen LogP contribution in [0.4, 0.5) is 0 Å². The van der Waals surface area contributed by atoms with Gasteiger partial charge >= 0.3 is 0 Å². The van der Waals surface area contributed by atoms with E-state index < -0.39 is 8.32 Å². The summed E-state index contributed by atoms with van der Waals surface area (Å²) in [5, 5.41) is 11.0. The molecule has 0 radical (unpaired) electrons. The van der Waals surface area contributed by atoms with Crippen LogP contribution < -0.4 is 0 Å². The third-order valence-corrected chi connectivity index (χ3v) is 10.7. The summed E-state index contributed by atoms with van der Waals surface area (Å²) in [7, 11) is 0.116. The molecule has 0 amide bonds. The maximum absolute atomic E-state index is 9.17. The standard InChI is InChI=1S/C19H26ClN3OSSi/c1-19(2,3)26(5,6)24-13-17-22-16(10-11-21)18(23(17)4)25-15-9-7-8-14(20)12-15/h7-9,12H,10,13H2,1-6H3. The van der Waals surface area contributed by atoms with Crippen molar-refractivity contribution in [3.05, 3.63) is 40.8 Å². The Morgan fingerprint density at radius 2 is 2.04 bits per heavy atom. The largest absolute Gasteiger partial charge is 0.409 e. The summed E-state index contributed by atoms with van der Waals surface area (Å²) in [6.07, 6.45) is 0.275. The third kappa shape index (κ3) is 4.92. The molecule has 0 atom stereocenters. The Morgan fingerprint density at radius 3 is 2.62 bits per heavy atom. The first-order chi connectivity index (χ1) is 12.0. The molecule has 0 N–H and O–H groups in total. The fourth-order valence-electron chi connectivity index (χ4n) is 2.14.